The van der Waals surface area contributed by atoms with Gasteiger partial charge in [0.15, 0.2) is 5.76 Å². The second-order valence-corrected chi connectivity index (χ2v) is 6.87. The highest BCUT2D eigenvalue weighted by Gasteiger charge is 2.23. The maximum atomic E-state index is 6.02. The monoisotopic (exact) mass is 351 g/mol. The van der Waals surface area contributed by atoms with E-state index in [4.69, 9.17) is 9.15 Å². The molecule has 1 aliphatic heterocycles. The predicted molar refractivity (Wildman–Crippen MR) is 101 cm³/mol. The number of nitrogens with zero attached hydrogens (tertiary/aromatic N) is 2. The molecule has 26 heavy (non-hydrogen) atoms. The van der Waals surface area contributed by atoms with E-state index in [1.54, 1.807) is 0 Å². The van der Waals surface area contributed by atoms with Gasteiger partial charge in [0, 0.05) is 25.2 Å². The standard InChI is InChI=1S/C21H25N3O2/c1-3-16-5-7-17(8-6-16)20-14-24(10-11-25-20)13-18-12-22-23-21(18)19-9-4-15(2)26-19/h4-9,12,20H,3,10-11,13-14H2,1-2H3,(H,22,23). The van der Waals surface area contributed by atoms with Gasteiger partial charge in [-0.05, 0) is 36.6 Å². The SMILES string of the molecule is CCc1ccc(C2CN(Cc3cn[nH]c3-c3ccc(C)o3)CCO2)cc1. The minimum Gasteiger partial charge on any atom is -0.460 e. The summed E-state index contributed by atoms with van der Waals surface area (Å²) in [6, 6.07) is 12.8. The van der Waals surface area contributed by atoms with Gasteiger partial charge in [-0.3, -0.25) is 10.00 Å². The summed E-state index contributed by atoms with van der Waals surface area (Å²) in [7, 11) is 0. The van der Waals surface area contributed by atoms with Crippen LogP contribution in [-0.2, 0) is 17.7 Å². The van der Waals surface area contributed by atoms with Crippen LogP contribution in [0.5, 0.6) is 0 Å². The van der Waals surface area contributed by atoms with Crippen LogP contribution in [0.15, 0.2) is 47.0 Å². The molecular weight excluding hydrogens is 326 g/mol. The van der Waals surface area contributed by atoms with Crippen molar-refractivity contribution in [1.82, 2.24) is 15.1 Å². The number of benzene rings is 1. The van der Waals surface area contributed by atoms with Crippen LogP contribution in [0.25, 0.3) is 11.5 Å². The number of furan rings is 1. The molecule has 1 aromatic carbocycles. The fourth-order valence-corrected chi connectivity index (χ4v) is 3.47. The molecule has 1 atom stereocenters. The molecule has 3 heterocycles. The molecule has 2 aromatic heterocycles. The number of hydrogen-bond donors (Lipinski definition) is 1. The smallest absolute Gasteiger partial charge is 0.152 e. The number of morpholine rings is 1. The first kappa shape index (κ1) is 17.1. The number of aromatic amines is 1. The lowest BCUT2D eigenvalue weighted by Crippen LogP contribution is -2.37. The third-order valence-corrected chi connectivity index (χ3v) is 5.01. The Morgan fingerprint density at radius 3 is 2.77 bits per heavy atom. The molecule has 4 rings (SSSR count). The summed E-state index contributed by atoms with van der Waals surface area (Å²) in [5.41, 5.74) is 4.73. The molecule has 5 heteroatoms. The minimum atomic E-state index is 0.121. The quantitative estimate of drug-likeness (QED) is 0.751. The summed E-state index contributed by atoms with van der Waals surface area (Å²) in [6.07, 6.45) is 3.08. The average Bonchev–Trinajstić information content (AvgIpc) is 3.31. The lowest BCUT2D eigenvalue weighted by Gasteiger charge is -2.33. The van der Waals surface area contributed by atoms with Crippen LogP contribution in [0, 0.1) is 6.92 Å². The van der Waals surface area contributed by atoms with E-state index < -0.39 is 0 Å². The number of aryl methyl sites for hydroxylation is 2. The Balaban J connectivity index is 1.46. The number of rotatable bonds is 5. The Hall–Kier alpha value is -2.37. The lowest BCUT2D eigenvalue weighted by molar-refractivity contribution is -0.0328. The molecule has 0 bridgehead atoms. The second kappa shape index (κ2) is 7.48. The van der Waals surface area contributed by atoms with Crippen LogP contribution in [0.2, 0.25) is 0 Å². The van der Waals surface area contributed by atoms with Gasteiger partial charge < -0.3 is 9.15 Å². The zero-order chi connectivity index (χ0) is 17.9. The number of ether oxygens (including phenoxy) is 1. The first-order valence-electron chi connectivity index (χ1n) is 9.24. The maximum Gasteiger partial charge on any atom is 0.152 e. The van der Waals surface area contributed by atoms with Gasteiger partial charge in [-0.2, -0.15) is 5.10 Å². The topological polar surface area (TPSA) is 54.3 Å². The van der Waals surface area contributed by atoms with E-state index >= 15 is 0 Å². The van der Waals surface area contributed by atoms with Crippen molar-refractivity contribution >= 4 is 0 Å². The molecule has 0 amide bonds. The van der Waals surface area contributed by atoms with E-state index in [0.717, 1.165) is 55.4 Å². The summed E-state index contributed by atoms with van der Waals surface area (Å²) >= 11 is 0. The Morgan fingerprint density at radius 1 is 1.19 bits per heavy atom. The lowest BCUT2D eigenvalue weighted by atomic mass is 10.0. The van der Waals surface area contributed by atoms with Gasteiger partial charge in [-0.15, -0.1) is 0 Å². The minimum absolute atomic E-state index is 0.121. The predicted octanol–water partition coefficient (Wildman–Crippen LogP) is 4.11. The largest absolute Gasteiger partial charge is 0.460 e. The van der Waals surface area contributed by atoms with Crippen molar-refractivity contribution < 1.29 is 9.15 Å². The van der Waals surface area contributed by atoms with Crippen LogP contribution in [0.4, 0.5) is 0 Å². The van der Waals surface area contributed by atoms with Crippen LogP contribution in [0.3, 0.4) is 0 Å². The zero-order valence-electron chi connectivity index (χ0n) is 15.4. The molecule has 0 saturated carbocycles. The first-order chi connectivity index (χ1) is 12.7. The van der Waals surface area contributed by atoms with Crippen LogP contribution in [0.1, 0.15) is 35.5 Å². The second-order valence-electron chi connectivity index (χ2n) is 6.87. The fourth-order valence-electron chi connectivity index (χ4n) is 3.47. The molecule has 1 N–H and O–H groups in total. The van der Waals surface area contributed by atoms with Gasteiger partial charge in [-0.25, -0.2) is 0 Å². The van der Waals surface area contributed by atoms with E-state index in [2.05, 4.69) is 46.3 Å². The highest BCUT2D eigenvalue weighted by Crippen LogP contribution is 2.27. The molecule has 1 unspecified atom stereocenters. The van der Waals surface area contributed by atoms with Gasteiger partial charge in [0.2, 0.25) is 0 Å². The summed E-state index contributed by atoms with van der Waals surface area (Å²) in [5.74, 6) is 1.75. The highest BCUT2D eigenvalue weighted by atomic mass is 16.5. The third-order valence-electron chi connectivity index (χ3n) is 5.01. The zero-order valence-corrected chi connectivity index (χ0v) is 15.4. The molecule has 136 valence electrons. The average molecular weight is 351 g/mol. The fraction of sp³-hybridized carbons (Fsp3) is 0.381. The number of aromatic nitrogens is 2. The molecule has 1 saturated heterocycles. The molecule has 5 nitrogen and oxygen atoms in total. The Morgan fingerprint density at radius 2 is 2.04 bits per heavy atom. The van der Waals surface area contributed by atoms with E-state index in [9.17, 15) is 0 Å². The van der Waals surface area contributed by atoms with Crippen molar-refractivity contribution in [2.45, 2.75) is 32.9 Å². The Labute approximate surface area is 154 Å². The summed E-state index contributed by atoms with van der Waals surface area (Å²) in [4.78, 5) is 2.42. The Bertz CT molecular complexity index is 850. The van der Waals surface area contributed by atoms with Crippen molar-refractivity contribution in [3.05, 3.63) is 65.0 Å². The van der Waals surface area contributed by atoms with Gasteiger partial charge in [0.25, 0.3) is 0 Å². The van der Waals surface area contributed by atoms with Crippen molar-refractivity contribution in [3.8, 4) is 11.5 Å². The highest BCUT2D eigenvalue weighted by molar-refractivity contribution is 5.56. The van der Waals surface area contributed by atoms with Gasteiger partial charge in [-0.1, -0.05) is 31.2 Å². The first-order valence-corrected chi connectivity index (χ1v) is 9.24. The van der Waals surface area contributed by atoms with E-state index in [1.807, 2.05) is 25.3 Å². The van der Waals surface area contributed by atoms with Crippen molar-refractivity contribution in [2.75, 3.05) is 19.7 Å². The normalized spacial score (nSPS) is 18.3. The molecule has 0 radical (unpaired) electrons. The van der Waals surface area contributed by atoms with Gasteiger partial charge in [0.05, 0.1) is 18.9 Å². The van der Waals surface area contributed by atoms with Crippen molar-refractivity contribution in [1.29, 1.82) is 0 Å². The summed E-state index contributed by atoms with van der Waals surface area (Å²) in [5, 5.41) is 7.31. The van der Waals surface area contributed by atoms with Crippen molar-refractivity contribution in [3.63, 3.8) is 0 Å². The van der Waals surface area contributed by atoms with Crippen LogP contribution < -0.4 is 0 Å². The molecular formula is C21H25N3O2. The van der Waals surface area contributed by atoms with Crippen LogP contribution in [-0.4, -0.2) is 34.8 Å². The summed E-state index contributed by atoms with van der Waals surface area (Å²) in [6.45, 7) is 7.51. The van der Waals surface area contributed by atoms with E-state index in [-0.39, 0.29) is 6.10 Å². The van der Waals surface area contributed by atoms with Crippen molar-refractivity contribution in [2.24, 2.45) is 0 Å². The van der Waals surface area contributed by atoms with Crippen LogP contribution >= 0.6 is 0 Å². The number of hydrogen-bond acceptors (Lipinski definition) is 4. The number of nitrogens with one attached hydrogen (secondary N) is 1. The van der Waals surface area contributed by atoms with Gasteiger partial charge in [0.1, 0.15) is 11.5 Å². The summed E-state index contributed by atoms with van der Waals surface area (Å²) < 4.78 is 11.8. The van der Waals surface area contributed by atoms with E-state index in [0.29, 0.717) is 0 Å². The molecule has 0 aliphatic carbocycles. The third kappa shape index (κ3) is 3.59. The number of H-pyrrole nitrogens is 1. The Kier molecular flexibility index (Phi) is 4.91. The maximum absolute atomic E-state index is 6.02. The molecule has 1 fully saturated rings. The molecule has 0 spiro atoms. The van der Waals surface area contributed by atoms with Gasteiger partial charge >= 0.3 is 0 Å². The van der Waals surface area contributed by atoms with E-state index in [1.165, 1.54) is 11.1 Å². The molecule has 3 aromatic rings. The molecule has 1 aliphatic rings.